The lowest BCUT2D eigenvalue weighted by atomic mass is 9.94. The third kappa shape index (κ3) is 5.16. The van der Waals surface area contributed by atoms with E-state index < -0.39 is 0 Å². The third-order valence-corrected chi connectivity index (χ3v) is 4.19. The number of aromatic nitrogens is 1. The van der Waals surface area contributed by atoms with E-state index >= 15 is 0 Å². The van der Waals surface area contributed by atoms with Gasteiger partial charge in [-0.25, -0.2) is 0 Å². The van der Waals surface area contributed by atoms with Crippen LogP contribution in [0.3, 0.4) is 0 Å². The highest BCUT2D eigenvalue weighted by molar-refractivity contribution is 5.91. The first-order valence-electron chi connectivity index (χ1n) is 8.01. The molecule has 0 spiro atoms. The van der Waals surface area contributed by atoms with Gasteiger partial charge in [0.2, 0.25) is 5.91 Å². The van der Waals surface area contributed by atoms with Crippen LogP contribution in [0.2, 0.25) is 0 Å². The molecule has 2 atom stereocenters. The van der Waals surface area contributed by atoms with Crippen LogP contribution in [0.1, 0.15) is 51.7 Å². The quantitative estimate of drug-likeness (QED) is 0.810. The zero-order chi connectivity index (χ0) is 15.2. The van der Waals surface area contributed by atoms with E-state index in [0.29, 0.717) is 24.2 Å². The Bertz CT molecular complexity index is 456. The van der Waals surface area contributed by atoms with Crippen molar-refractivity contribution in [3.63, 3.8) is 0 Å². The average molecular weight is 293 g/mol. The van der Waals surface area contributed by atoms with Crippen molar-refractivity contribution in [1.82, 2.24) is 10.5 Å². The summed E-state index contributed by atoms with van der Waals surface area (Å²) in [6.45, 7) is 6.68. The molecule has 1 aliphatic rings. The molecule has 2 N–H and O–H groups in total. The maximum absolute atomic E-state index is 11.9. The smallest absolute Gasteiger partial charge is 0.239 e. The molecule has 1 heterocycles. The number of nitrogens with one attached hydrogen (secondary N) is 2. The van der Waals surface area contributed by atoms with E-state index in [-0.39, 0.29) is 5.91 Å². The van der Waals surface area contributed by atoms with Crippen LogP contribution in [0, 0.1) is 18.8 Å². The SMILES string of the molecule is Cc1cc(NC(=O)CN[C@@H]2CCC[C@H]2CCC(C)C)no1. The van der Waals surface area contributed by atoms with Crippen LogP contribution in [0.5, 0.6) is 0 Å². The number of hydrogen-bond donors (Lipinski definition) is 2. The number of carbonyl (C=O) groups is 1. The predicted molar refractivity (Wildman–Crippen MR) is 83.1 cm³/mol. The summed E-state index contributed by atoms with van der Waals surface area (Å²) < 4.78 is 4.93. The second-order valence-electron chi connectivity index (χ2n) is 6.52. The lowest BCUT2D eigenvalue weighted by Gasteiger charge is -2.21. The first-order chi connectivity index (χ1) is 10.0. The molecule has 21 heavy (non-hydrogen) atoms. The second-order valence-corrected chi connectivity index (χ2v) is 6.52. The van der Waals surface area contributed by atoms with Gasteiger partial charge in [0.15, 0.2) is 5.82 Å². The molecule has 118 valence electrons. The van der Waals surface area contributed by atoms with Crippen LogP contribution in [-0.2, 0) is 4.79 Å². The van der Waals surface area contributed by atoms with Gasteiger partial charge in [0.05, 0.1) is 6.54 Å². The summed E-state index contributed by atoms with van der Waals surface area (Å²) in [4.78, 5) is 11.9. The van der Waals surface area contributed by atoms with Gasteiger partial charge in [-0.2, -0.15) is 0 Å². The zero-order valence-corrected chi connectivity index (χ0v) is 13.3. The van der Waals surface area contributed by atoms with Gasteiger partial charge in [-0.15, -0.1) is 0 Å². The minimum absolute atomic E-state index is 0.0576. The van der Waals surface area contributed by atoms with Crippen LogP contribution in [0.4, 0.5) is 5.82 Å². The molecule has 0 radical (unpaired) electrons. The molecule has 1 saturated carbocycles. The van der Waals surface area contributed by atoms with Gasteiger partial charge in [-0.3, -0.25) is 4.79 Å². The number of anilines is 1. The lowest BCUT2D eigenvalue weighted by Crippen LogP contribution is -2.38. The van der Waals surface area contributed by atoms with E-state index in [2.05, 4.69) is 29.6 Å². The highest BCUT2D eigenvalue weighted by atomic mass is 16.5. The fourth-order valence-corrected chi connectivity index (χ4v) is 3.03. The zero-order valence-electron chi connectivity index (χ0n) is 13.3. The largest absolute Gasteiger partial charge is 0.360 e. The van der Waals surface area contributed by atoms with Gasteiger partial charge in [0.1, 0.15) is 5.76 Å². The minimum Gasteiger partial charge on any atom is -0.360 e. The molecule has 1 aliphatic carbocycles. The van der Waals surface area contributed by atoms with E-state index in [1.807, 2.05) is 0 Å². The summed E-state index contributed by atoms with van der Waals surface area (Å²) in [5.74, 6) is 2.60. The monoisotopic (exact) mass is 293 g/mol. The molecular weight excluding hydrogens is 266 g/mol. The van der Waals surface area contributed by atoms with Crippen LogP contribution in [0.15, 0.2) is 10.6 Å². The van der Waals surface area contributed by atoms with Crippen molar-refractivity contribution in [1.29, 1.82) is 0 Å². The standard InChI is InChI=1S/C16H27N3O2/c1-11(2)7-8-13-5-4-6-14(13)17-10-16(20)18-15-9-12(3)21-19-15/h9,11,13-14,17H,4-8,10H2,1-3H3,(H,18,19,20)/t13-,14+/m0/s1. The minimum atomic E-state index is -0.0576. The summed E-state index contributed by atoms with van der Waals surface area (Å²) in [6.07, 6.45) is 6.27. The van der Waals surface area contributed by atoms with E-state index in [9.17, 15) is 4.79 Å². The number of hydrogen-bond acceptors (Lipinski definition) is 4. The first kappa shape index (κ1) is 16.0. The Labute approximate surface area is 126 Å². The van der Waals surface area contributed by atoms with Crippen LogP contribution >= 0.6 is 0 Å². The van der Waals surface area contributed by atoms with E-state index in [1.54, 1.807) is 13.0 Å². The molecule has 0 saturated heterocycles. The highest BCUT2D eigenvalue weighted by Crippen LogP contribution is 2.30. The number of aryl methyl sites for hydroxylation is 1. The van der Waals surface area contributed by atoms with Crippen molar-refractivity contribution >= 4 is 11.7 Å². The Morgan fingerprint density at radius 3 is 2.95 bits per heavy atom. The van der Waals surface area contributed by atoms with Crippen molar-refractivity contribution in [2.45, 2.75) is 58.9 Å². The van der Waals surface area contributed by atoms with Gasteiger partial charge < -0.3 is 15.2 Å². The van der Waals surface area contributed by atoms with E-state index in [0.717, 1.165) is 11.8 Å². The van der Waals surface area contributed by atoms with Crippen molar-refractivity contribution in [2.24, 2.45) is 11.8 Å². The van der Waals surface area contributed by atoms with Crippen molar-refractivity contribution in [3.8, 4) is 0 Å². The Hall–Kier alpha value is -1.36. The molecule has 0 bridgehead atoms. The maximum atomic E-state index is 11.9. The van der Waals surface area contributed by atoms with Gasteiger partial charge in [0.25, 0.3) is 0 Å². The van der Waals surface area contributed by atoms with Gasteiger partial charge in [-0.05, 0) is 38.0 Å². The Kier molecular flexibility index (Phi) is 5.79. The molecule has 0 aromatic carbocycles. The molecule has 0 unspecified atom stereocenters. The van der Waals surface area contributed by atoms with Crippen LogP contribution in [-0.4, -0.2) is 23.7 Å². The molecule has 2 rings (SSSR count). The Morgan fingerprint density at radius 2 is 2.29 bits per heavy atom. The molecule has 1 aromatic heterocycles. The summed E-state index contributed by atoms with van der Waals surface area (Å²) in [5.41, 5.74) is 0. The second kappa shape index (κ2) is 7.59. The normalized spacial score (nSPS) is 21.9. The number of nitrogens with zero attached hydrogens (tertiary/aromatic N) is 1. The molecule has 0 aliphatic heterocycles. The summed E-state index contributed by atoms with van der Waals surface area (Å²) >= 11 is 0. The van der Waals surface area contributed by atoms with E-state index in [1.165, 1.54) is 32.1 Å². The fourth-order valence-electron chi connectivity index (χ4n) is 3.03. The molecular formula is C16H27N3O2. The molecule has 5 heteroatoms. The Morgan fingerprint density at radius 1 is 1.48 bits per heavy atom. The molecule has 5 nitrogen and oxygen atoms in total. The predicted octanol–water partition coefficient (Wildman–Crippen LogP) is 3.12. The molecule has 1 aromatic rings. The summed E-state index contributed by atoms with van der Waals surface area (Å²) in [7, 11) is 0. The van der Waals surface area contributed by atoms with Gasteiger partial charge in [0, 0.05) is 12.1 Å². The van der Waals surface area contributed by atoms with Crippen molar-refractivity contribution < 1.29 is 9.32 Å². The van der Waals surface area contributed by atoms with Gasteiger partial charge >= 0.3 is 0 Å². The van der Waals surface area contributed by atoms with Crippen LogP contribution < -0.4 is 10.6 Å². The highest BCUT2D eigenvalue weighted by Gasteiger charge is 2.27. The number of rotatable bonds is 7. The molecule has 1 fully saturated rings. The first-order valence-corrected chi connectivity index (χ1v) is 8.01. The molecule has 1 amide bonds. The van der Waals surface area contributed by atoms with E-state index in [4.69, 9.17) is 4.52 Å². The Balaban J connectivity index is 1.72. The average Bonchev–Trinajstić information content (AvgIpc) is 3.03. The third-order valence-electron chi connectivity index (χ3n) is 4.19. The summed E-state index contributed by atoms with van der Waals surface area (Å²) in [5, 5.41) is 9.92. The topological polar surface area (TPSA) is 67.2 Å². The van der Waals surface area contributed by atoms with Crippen LogP contribution in [0.25, 0.3) is 0 Å². The number of carbonyl (C=O) groups excluding carboxylic acids is 1. The van der Waals surface area contributed by atoms with Crippen molar-refractivity contribution in [3.05, 3.63) is 11.8 Å². The van der Waals surface area contributed by atoms with Crippen molar-refractivity contribution in [2.75, 3.05) is 11.9 Å². The van der Waals surface area contributed by atoms with Gasteiger partial charge in [-0.1, -0.05) is 31.8 Å². The number of amides is 1. The summed E-state index contributed by atoms with van der Waals surface area (Å²) in [6, 6.07) is 2.20. The fraction of sp³-hybridized carbons (Fsp3) is 0.750. The maximum Gasteiger partial charge on any atom is 0.239 e. The lowest BCUT2D eigenvalue weighted by molar-refractivity contribution is -0.115.